The van der Waals surface area contributed by atoms with Crippen molar-refractivity contribution in [1.29, 1.82) is 0 Å². The number of carboxylic acids is 1. The summed E-state index contributed by atoms with van der Waals surface area (Å²) in [6.07, 6.45) is -0.669. The van der Waals surface area contributed by atoms with E-state index in [9.17, 15) is 14.2 Å². The number of para-hydroxylation sites is 1. The predicted octanol–water partition coefficient (Wildman–Crippen LogP) is 2.49. The molecule has 24 heavy (non-hydrogen) atoms. The molecule has 0 heterocycles. The highest BCUT2D eigenvalue weighted by atomic mass is 31.2. The van der Waals surface area contributed by atoms with Crippen LogP contribution in [0.2, 0.25) is 0 Å². The molecule has 0 amide bonds. The highest BCUT2D eigenvalue weighted by Crippen LogP contribution is 2.44. The molecule has 8 nitrogen and oxygen atoms in total. The molecular formula is C15H22NO7P. The maximum atomic E-state index is 12.9. The van der Waals surface area contributed by atoms with Gasteiger partial charge in [0, 0.05) is 7.11 Å². The second-order valence-electron chi connectivity index (χ2n) is 5.32. The van der Waals surface area contributed by atoms with Gasteiger partial charge in [-0.25, -0.2) is 9.88 Å². The molecule has 0 saturated heterocycles. The Morgan fingerprint density at radius 1 is 1.25 bits per heavy atom. The van der Waals surface area contributed by atoms with Crippen molar-refractivity contribution in [1.82, 2.24) is 5.09 Å². The van der Waals surface area contributed by atoms with Crippen LogP contribution in [0.3, 0.4) is 0 Å². The van der Waals surface area contributed by atoms with E-state index in [0.29, 0.717) is 0 Å². The number of methoxy groups -OCH3 is 1. The van der Waals surface area contributed by atoms with E-state index in [4.69, 9.17) is 19.1 Å². The lowest BCUT2D eigenvalue weighted by Crippen LogP contribution is -2.36. The summed E-state index contributed by atoms with van der Waals surface area (Å²) in [7, 11) is -2.38. The van der Waals surface area contributed by atoms with E-state index in [1.54, 1.807) is 19.9 Å². The number of hydrogen-bond acceptors (Lipinski definition) is 6. The number of nitrogens with one attached hydrogen (secondary N) is 1. The van der Waals surface area contributed by atoms with E-state index in [2.05, 4.69) is 5.09 Å². The molecule has 0 aliphatic rings. The van der Waals surface area contributed by atoms with Gasteiger partial charge < -0.3 is 19.1 Å². The molecule has 0 aliphatic carbocycles. The molecule has 1 aromatic rings. The van der Waals surface area contributed by atoms with Gasteiger partial charge in [-0.2, -0.15) is 0 Å². The highest BCUT2D eigenvalue weighted by molar-refractivity contribution is 7.57. The van der Waals surface area contributed by atoms with E-state index in [1.165, 1.54) is 32.2 Å². The van der Waals surface area contributed by atoms with Crippen molar-refractivity contribution in [2.45, 2.75) is 32.9 Å². The van der Waals surface area contributed by atoms with Crippen LogP contribution in [-0.4, -0.2) is 42.6 Å². The minimum atomic E-state index is -3.70. The van der Waals surface area contributed by atoms with Crippen LogP contribution in [0.1, 0.15) is 31.1 Å². The van der Waals surface area contributed by atoms with Crippen LogP contribution < -0.4 is 9.61 Å². The fraction of sp³-hybridized carbons (Fsp3) is 0.467. The first kappa shape index (κ1) is 20.2. The van der Waals surface area contributed by atoms with Crippen molar-refractivity contribution in [3.8, 4) is 5.75 Å². The zero-order valence-corrected chi connectivity index (χ0v) is 14.9. The Balaban J connectivity index is 2.98. The first-order valence-corrected chi connectivity index (χ1v) is 9.07. The van der Waals surface area contributed by atoms with Gasteiger partial charge in [-0.15, -0.1) is 0 Å². The number of carbonyl (C=O) groups excluding carboxylic acids is 1. The first-order chi connectivity index (χ1) is 11.2. The standard InChI is InChI=1S/C15H22NO7P/c1-10(2)22-15(19)11(3)16-24(20,9-21-4)23-13-8-6-5-7-12(13)14(17)18/h5-8,10-11H,9H2,1-4H3,(H,16,20)(H,17,18). The summed E-state index contributed by atoms with van der Waals surface area (Å²) in [5.41, 5.74) is -0.145. The molecule has 134 valence electrons. The van der Waals surface area contributed by atoms with Crippen molar-refractivity contribution < 1.29 is 33.3 Å². The predicted molar refractivity (Wildman–Crippen MR) is 87.3 cm³/mol. The maximum Gasteiger partial charge on any atom is 0.342 e. The minimum Gasteiger partial charge on any atom is -0.478 e. The zero-order valence-electron chi connectivity index (χ0n) is 14.0. The normalized spacial score (nSPS) is 14.7. The molecule has 0 aliphatic heterocycles. The Morgan fingerprint density at radius 3 is 2.42 bits per heavy atom. The Morgan fingerprint density at radius 2 is 1.88 bits per heavy atom. The van der Waals surface area contributed by atoms with Crippen molar-refractivity contribution in [2.24, 2.45) is 0 Å². The van der Waals surface area contributed by atoms with Crippen LogP contribution in [0.5, 0.6) is 5.75 Å². The molecule has 1 aromatic carbocycles. The van der Waals surface area contributed by atoms with Crippen molar-refractivity contribution >= 4 is 19.5 Å². The van der Waals surface area contributed by atoms with E-state index in [0.717, 1.165) is 0 Å². The number of carbonyl (C=O) groups is 2. The smallest absolute Gasteiger partial charge is 0.342 e. The van der Waals surface area contributed by atoms with Gasteiger partial charge in [0.25, 0.3) is 0 Å². The fourth-order valence-corrected chi connectivity index (χ4v) is 3.52. The summed E-state index contributed by atoms with van der Waals surface area (Å²) in [6, 6.07) is 4.85. The van der Waals surface area contributed by atoms with Gasteiger partial charge in [0.15, 0.2) is 0 Å². The Kier molecular flexibility index (Phi) is 7.41. The van der Waals surface area contributed by atoms with E-state index in [1.807, 2.05) is 0 Å². The van der Waals surface area contributed by atoms with Crippen molar-refractivity contribution in [3.63, 3.8) is 0 Å². The molecule has 0 saturated carbocycles. The van der Waals surface area contributed by atoms with Gasteiger partial charge in [0.2, 0.25) is 0 Å². The molecule has 2 N–H and O–H groups in total. The largest absolute Gasteiger partial charge is 0.478 e. The monoisotopic (exact) mass is 359 g/mol. The second-order valence-corrected chi connectivity index (χ2v) is 7.37. The average Bonchev–Trinajstić information content (AvgIpc) is 2.46. The van der Waals surface area contributed by atoms with Gasteiger partial charge in [0.1, 0.15) is 23.7 Å². The lowest BCUT2D eigenvalue weighted by Gasteiger charge is -2.24. The fourth-order valence-electron chi connectivity index (χ4n) is 1.82. The van der Waals surface area contributed by atoms with Crippen LogP contribution in [0.25, 0.3) is 0 Å². The zero-order chi connectivity index (χ0) is 18.3. The summed E-state index contributed by atoms with van der Waals surface area (Å²) in [5, 5.41) is 11.7. The van der Waals surface area contributed by atoms with Crippen LogP contribution in [0.15, 0.2) is 24.3 Å². The van der Waals surface area contributed by atoms with E-state index in [-0.39, 0.29) is 23.8 Å². The molecule has 0 fully saturated rings. The van der Waals surface area contributed by atoms with Gasteiger partial charge in [-0.05, 0) is 32.9 Å². The number of benzene rings is 1. The molecule has 0 spiro atoms. The van der Waals surface area contributed by atoms with Crippen LogP contribution in [-0.2, 0) is 18.8 Å². The molecule has 0 radical (unpaired) electrons. The molecule has 2 unspecified atom stereocenters. The molecule has 2 atom stereocenters. The van der Waals surface area contributed by atoms with Gasteiger partial charge >= 0.3 is 19.5 Å². The number of esters is 1. The molecule has 0 aromatic heterocycles. The third-order valence-corrected chi connectivity index (χ3v) is 4.63. The van der Waals surface area contributed by atoms with Crippen molar-refractivity contribution in [2.75, 3.05) is 13.5 Å². The summed E-state index contributed by atoms with van der Waals surface area (Å²) >= 11 is 0. The van der Waals surface area contributed by atoms with Gasteiger partial charge in [0.05, 0.1) is 6.10 Å². The van der Waals surface area contributed by atoms with Gasteiger partial charge in [-0.3, -0.25) is 9.36 Å². The third-order valence-electron chi connectivity index (χ3n) is 2.76. The molecule has 9 heteroatoms. The molecule has 0 bridgehead atoms. The summed E-state index contributed by atoms with van der Waals surface area (Å²) in [6.45, 7) is 4.86. The number of rotatable bonds is 9. The second kappa shape index (κ2) is 8.82. The quantitative estimate of drug-likeness (QED) is 0.511. The van der Waals surface area contributed by atoms with Crippen LogP contribution in [0.4, 0.5) is 0 Å². The number of carboxylic acid groups (broad SMARTS) is 1. The first-order valence-electron chi connectivity index (χ1n) is 7.26. The lowest BCUT2D eigenvalue weighted by molar-refractivity contribution is -0.149. The van der Waals surface area contributed by atoms with E-state index < -0.39 is 25.5 Å². The van der Waals surface area contributed by atoms with Crippen LogP contribution >= 0.6 is 7.52 Å². The third kappa shape index (κ3) is 5.96. The minimum absolute atomic E-state index is 0.0812. The van der Waals surface area contributed by atoms with Gasteiger partial charge in [-0.1, -0.05) is 12.1 Å². The maximum absolute atomic E-state index is 12.9. The topological polar surface area (TPSA) is 111 Å². The summed E-state index contributed by atoms with van der Waals surface area (Å²) in [4.78, 5) is 23.1. The Hall–Kier alpha value is -1.89. The Bertz CT molecular complexity index is 632. The van der Waals surface area contributed by atoms with Crippen molar-refractivity contribution in [3.05, 3.63) is 29.8 Å². The SMILES string of the molecule is COCP(=O)(NC(C)C(=O)OC(C)C)Oc1ccccc1C(=O)O. The molecule has 1 rings (SSSR count). The van der Waals surface area contributed by atoms with Crippen LogP contribution in [0, 0.1) is 0 Å². The highest BCUT2D eigenvalue weighted by Gasteiger charge is 2.32. The average molecular weight is 359 g/mol. The number of ether oxygens (including phenoxy) is 2. The number of hydrogen-bond donors (Lipinski definition) is 2. The molecular weight excluding hydrogens is 337 g/mol. The number of aromatic carboxylic acids is 1. The van der Waals surface area contributed by atoms with E-state index >= 15 is 0 Å². The lowest BCUT2D eigenvalue weighted by atomic mass is 10.2. The summed E-state index contributed by atoms with van der Waals surface area (Å²) < 4.78 is 28.2. The summed E-state index contributed by atoms with van der Waals surface area (Å²) in [5.74, 6) is -1.90. The Labute approximate surface area is 140 Å².